The van der Waals surface area contributed by atoms with Crippen LogP contribution in [-0.4, -0.2) is 26.6 Å². The SMILES string of the molecule is CCCCC(CC)COc1ccc(C(=O)c2ccc(-c3ccc(-c4ccc(-c5ccc(C(F)(F)F)c6ccccc56)c(OC)c4)cc3OC)cc2)cc1. The van der Waals surface area contributed by atoms with Gasteiger partial charge in [-0.25, -0.2) is 0 Å². The lowest BCUT2D eigenvalue weighted by Crippen LogP contribution is -2.11. The van der Waals surface area contributed by atoms with Gasteiger partial charge in [-0.15, -0.1) is 0 Å². The Hall–Kier alpha value is -5.56. The largest absolute Gasteiger partial charge is 0.496 e. The lowest BCUT2D eigenvalue weighted by molar-refractivity contribution is -0.136. The van der Waals surface area contributed by atoms with Crippen LogP contribution in [0, 0.1) is 5.92 Å². The van der Waals surface area contributed by atoms with E-state index in [1.54, 1.807) is 32.4 Å². The molecule has 1 atom stereocenters. The number of unbranched alkanes of at least 4 members (excludes halogenated alkanes) is 1. The lowest BCUT2D eigenvalue weighted by atomic mass is 9.92. The molecule has 0 N–H and O–H groups in total. The molecule has 6 aromatic rings. The zero-order valence-corrected chi connectivity index (χ0v) is 30.4. The minimum Gasteiger partial charge on any atom is -0.496 e. The average molecular weight is 717 g/mol. The maximum Gasteiger partial charge on any atom is 0.417 e. The third-order valence-corrected chi connectivity index (χ3v) is 9.86. The third kappa shape index (κ3) is 8.25. The average Bonchev–Trinajstić information content (AvgIpc) is 3.19. The second kappa shape index (κ2) is 16.4. The van der Waals surface area contributed by atoms with E-state index < -0.39 is 11.7 Å². The summed E-state index contributed by atoms with van der Waals surface area (Å²) >= 11 is 0. The minimum atomic E-state index is -4.47. The first-order valence-electron chi connectivity index (χ1n) is 18.0. The van der Waals surface area contributed by atoms with Crippen molar-refractivity contribution in [1.82, 2.24) is 0 Å². The van der Waals surface area contributed by atoms with Gasteiger partial charge in [0.1, 0.15) is 17.2 Å². The number of carbonyl (C=O) groups is 1. The van der Waals surface area contributed by atoms with Gasteiger partial charge in [-0.2, -0.15) is 13.2 Å². The van der Waals surface area contributed by atoms with Crippen LogP contribution in [-0.2, 0) is 6.18 Å². The van der Waals surface area contributed by atoms with Crippen LogP contribution in [0.5, 0.6) is 17.2 Å². The van der Waals surface area contributed by atoms with Gasteiger partial charge in [0.15, 0.2) is 5.78 Å². The molecule has 0 aliphatic heterocycles. The lowest BCUT2D eigenvalue weighted by Gasteiger charge is -2.17. The fourth-order valence-corrected chi connectivity index (χ4v) is 6.77. The van der Waals surface area contributed by atoms with Gasteiger partial charge >= 0.3 is 6.18 Å². The summed E-state index contributed by atoms with van der Waals surface area (Å²) in [6.45, 7) is 5.07. The first kappa shape index (κ1) is 37.2. The topological polar surface area (TPSA) is 44.8 Å². The maximum atomic E-state index is 13.8. The van der Waals surface area contributed by atoms with Gasteiger partial charge in [-0.05, 0) is 87.8 Å². The van der Waals surface area contributed by atoms with Crippen LogP contribution in [0.4, 0.5) is 13.2 Å². The minimum absolute atomic E-state index is 0.0681. The first-order valence-corrected chi connectivity index (χ1v) is 18.0. The smallest absolute Gasteiger partial charge is 0.417 e. The van der Waals surface area contributed by atoms with E-state index in [1.807, 2.05) is 84.9 Å². The number of hydrogen-bond donors (Lipinski definition) is 0. The molecule has 0 saturated heterocycles. The molecule has 0 aliphatic rings. The first-order chi connectivity index (χ1) is 25.6. The Morgan fingerprint density at radius 2 is 1.19 bits per heavy atom. The molecule has 6 aromatic carbocycles. The summed E-state index contributed by atoms with van der Waals surface area (Å²) in [7, 11) is 3.16. The van der Waals surface area contributed by atoms with E-state index in [9.17, 15) is 18.0 Å². The van der Waals surface area contributed by atoms with Gasteiger partial charge in [0.25, 0.3) is 0 Å². The Morgan fingerprint density at radius 3 is 1.77 bits per heavy atom. The number of carbonyl (C=O) groups excluding carboxylic acids is 1. The Labute approximate surface area is 309 Å². The van der Waals surface area contributed by atoms with E-state index >= 15 is 0 Å². The summed E-state index contributed by atoms with van der Waals surface area (Å²) in [5.74, 6) is 2.41. The molecule has 0 bridgehead atoms. The molecule has 7 heteroatoms. The highest BCUT2D eigenvalue weighted by atomic mass is 19.4. The fourth-order valence-electron chi connectivity index (χ4n) is 6.77. The van der Waals surface area contributed by atoms with Crippen LogP contribution in [0.2, 0.25) is 0 Å². The van der Waals surface area contributed by atoms with Crippen molar-refractivity contribution in [2.24, 2.45) is 5.92 Å². The highest BCUT2D eigenvalue weighted by Gasteiger charge is 2.33. The molecule has 0 spiro atoms. The molecule has 0 fully saturated rings. The van der Waals surface area contributed by atoms with E-state index in [1.165, 1.54) is 25.0 Å². The predicted molar refractivity (Wildman–Crippen MR) is 207 cm³/mol. The van der Waals surface area contributed by atoms with E-state index in [2.05, 4.69) is 13.8 Å². The molecule has 0 heterocycles. The van der Waals surface area contributed by atoms with E-state index in [0.717, 1.165) is 46.9 Å². The molecule has 0 aliphatic carbocycles. The third-order valence-electron chi connectivity index (χ3n) is 9.86. The number of halogens is 3. The number of alkyl halides is 3. The number of rotatable bonds is 14. The van der Waals surface area contributed by atoms with Crippen molar-refractivity contribution in [3.05, 3.63) is 138 Å². The van der Waals surface area contributed by atoms with Gasteiger partial charge in [0, 0.05) is 22.3 Å². The monoisotopic (exact) mass is 716 g/mol. The predicted octanol–water partition coefficient (Wildman–Crippen LogP) is 12.7. The van der Waals surface area contributed by atoms with Gasteiger partial charge in [0.2, 0.25) is 0 Å². The molecule has 0 aromatic heterocycles. The second-order valence-corrected chi connectivity index (χ2v) is 13.2. The van der Waals surface area contributed by atoms with Crippen molar-refractivity contribution >= 4 is 16.6 Å². The molecule has 0 radical (unpaired) electrons. The van der Waals surface area contributed by atoms with E-state index in [4.69, 9.17) is 14.2 Å². The Kier molecular flexibility index (Phi) is 11.5. The quantitative estimate of drug-likeness (QED) is 0.105. The molecule has 53 heavy (non-hydrogen) atoms. The number of hydrogen-bond acceptors (Lipinski definition) is 4. The summed E-state index contributed by atoms with van der Waals surface area (Å²) in [5, 5.41) is 0.632. The van der Waals surface area contributed by atoms with Crippen molar-refractivity contribution in [2.75, 3.05) is 20.8 Å². The normalized spacial score (nSPS) is 12.1. The van der Waals surface area contributed by atoms with Crippen molar-refractivity contribution < 1.29 is 32.2 Å². The maximum absolute atomic E-state index is 13.8. The number of ether oxygens (including phenoxy) is 3. The van der Waals surface area contributed by atoms with Gasteiger partial charge < -0.3 is 14.2 Å². The van der Waals surface area contributed by atoms with E-state index in [-0.39, 0.29) is 11.2 Å². The van der Waals surface area contributed by atoms with Crippen LogP contribution in [0.3, 0.4) is 0 Å². The molecule has 1 unspecified atom stereocenters. The molecular weight excluding hydrogens is 673 g/mol. The van der Waals surface area contributed by atoms with Crippen LogP contribution in [0.1, 0.15) is 61.0 Å². The van der Waals surface area contributed by atoms with Crippen molar-refractivity contribution in [2.45, 2.75) is 45.7 Å². The zero-order chi connectivity index (χ0) is 37.5. The Morgan fingerprint density at radius 1 is 0.642 bits per heavy atom. The van der Waals surface area contributed by atoms with Crippen molar-refractivity contribution in [1.29, 1.82) is 0 Å². The number of ketones is 1. The number of methoxy groups -OCH3 is 2. The fraction of sp³-hybridized carbons (Fsp3) is 0.239. The zero-order valence-electron chi connectivity index (χ0n) is 30.4. The Bertz CT molecular complexity index is 2190. The highest BCUT2D eigenvalue weighted by molar-refractivity contribution is 6.09. The highest BCUT2D eigenvalue weighted by Crippen LogP contribution is 2.43. The van der Waals surface area contributed by atoms with Crippen molar-refractivity contribution in [3.8, 4) is 50.6 Å². The molecule has 0 saturated carbocycles. The van der Waals surface area contributed by atoms with Crippen LogP contribution >= 0.6 is 0 Å². The summed E-state index contributed by atoms with van der Waals surface area (Å²) < 4.78 is 58.9. The number of fused-ring (bicyclic) bond motifs is 1. The van der Waals surface area contributed by atoms with Gasteiger partial charge in [-0.1, -0.05) is 112 Å². The summed E-state index contributed by atoms with van der Waals surface area (Å²) in [4.78, 5) is 13.3. The van der Waals surface area contributed by atoms with Gasteiger partial charge in [0.05, 0.1) is 26.4 Å². The molecule has 0 amide bonds. The summed E-state index contributed by atoms with van der Waals surface area (Å²) in [6.07, 6.45) is 0.159. The molecular formula is C46H43F3O4. The molecule has 272 valence electrons. The standard InChI is InChI=1S/C46H43F3O4/c1-5-7-10-30(6-2)29-53-36-21-17-33(18-22-36)45(50)32-15-13-31(14-16-32)37-23-19-34(27-43(37)51-3)35-20-24-41(44(28-35)52-4)39-25-26-42(46(47,48)49)40-12-9-8-11-38(39)40/h8-9,11-28,30H,5-7,10,29H2,1-4H3. The van der Waals surface area contributed by atoms with Crippen LogP contribution in [0.25, 0.3) is 44.2 Å². The van der Waals surface area contributed by atoms with E-state index in [0.29, 0.717) is 51.7 Å². The summed E-state index contributed by atoms with van der Waals surface area (Å²) in [5.41, 5.74) is 5.32. The van der Waals surface area contributed by atoms with Crippen molar-refractivity contribution in [3.63, 3.8) is 0 Å². The number of benzene rings is 6. The van der Waals surface area contributed by atoms with Crippen LogP contribution < -0.4 is 14.2 Å². The second-order valence-electron chi connectivity index (χ2n) is 13.2. The Balaban J connectivity index is 1.20. The molecule has 4 nitrogen and oxygen atoms in total. The van der Waals surface area contributed by atoms with Gasteiger partial charge in [-0.3, -0.25) is 4.79 Å². The summed E-state index contributed by atoms with van der Waals surface area (Å²) in [6, 6.07) is 35.6. The molecule has 6 rings (SSSR count). The van der Waals surface area contributed by atoms with Crippen LogP contribution in [0.15, 0.2) is 121 Å².